The number of amides is 1. The molecule has 0 saturated carbocycles. The number of hydrogen-bond acceptors (Lipinski definition) is 7. The van der Waals surface area contributed by atoms with Gasteiger partial charge in [0.2, 0.25) is 15.9 Å². The summed E-state index contributed by atoms with van der Waals surface area (Å²) in [6.45, 7) is 2.91. The Labute approximate surface area is 197 Å². The summed E-state index contributed by atoms with van der Waals surface area (Å²) in [7, 11) is -4.08. The van der Waals surface area contributed by atoms with E-state index in [0.29, 0.717) is 16.8 Å². The number of amidine groups is 1. The van der Waals surface area contributed by atoms with Crippen molar-refractivity contribution in [2.24, 2.45) is 10.9 Å². The number of oxime groups is 1. The average molecular weight is 490 g/mol. The molecule has 0 saturated heterocycles. The van der Waals surface area contributed by atoms with Gasteiger partial charge in [0.15, 0.2) is 0 Å². The Kier molecular flexibility index (Phi) is 9.27. The zero-order valence-electron chi connectivity index (χ0n) is 18.7. The molecule has 2 aromatic carbocycles. The summed E-state index contributed by atoms with van der Waals surface area (Å²) < 4.78 is 27.0. The van der Waals surface area contributed by atoms with Crippen LogP contribution < -0.4 is 15.8 Å². The lowest BCUT2D eigenvalue weighted by Crippen LogP contribution is -2.48. The van der Waals surface area contributed by atoms with Crippen LogP contribution in [0.2, 0.25) is 0 Å². The van der Waals surface area contributed by atoms with Crippen LogP contribution >= 0.6 is 0 Å². The molecule has 2 aromatic rings. The van der Waals surface area contributed by atoms with Crippen LogP contribution in [0.4, 0.5) is 0 Å². The molecule has 34 heavy (non-hydrogen) atoms. The zero-order chi connectivity index (χ0) is 25.3. The summed E-state index contributed by atoms with van der Waals surface area (Å²) in [5.74, 6) is -2.00. The number of carboxylic acids is 1. The number of rotatable bonds is 12. The van der Waals surface area contributed by atoms with E-state index in [2.05, 4.69) is 15.2 Å². The van der Waals surface area contributed by atoms with Crippen molar-refractivity contribution in [2.45, 2.75) is 31.2 Å². The van der Waals surface area contributed by atoms with E-state index in [1.165, 1.54) is 12.1 Å². The van der Waals surface area contributed by atoms with Crippen LogP contribution in [0.3, 0.4) is 0 Å². The van der Waals surface area contributed by atoms with Gasteiger partial charge in [-0.25, -0.2) is 8.42 Å². The average Bonchev–Trinajstić information content (AvgIpc) is 2.79. The van der Waals surface area contributed by atoms with E-state index in [0.717, 1.165) is 5.56 Å². The summed E-state index contributed by atoms with van der Waals surface area (Å²) in [6.07, 6.45) is -0.114. The first-order chi connectivity index (χ1) is 16.0. The highest BCUT2D eigenvalue weighted by atomic mass is 32.2. The smallest absolute Gasteiger partial charge is 0.323 e. The van der Waals surface area contributed by atoms with Crippen LogP contribution in [0.1, 0.15) is 30.0 Å². The van der Waals surface area contributed by atoms with Crippen molar-refractivity contribution in [3.05, 3.63) is 65.2 Å². The van der Waals surface area contributed by atoms with Crippen LogP contribution in [0, 0.1) is 12.3 Å². The second-order valence-electron chi connectivity index (χ2n) is 7.38. The molecular weight excluding hydrogens is 462 g/mol. The van der Waals surface area contributed by atoms with Crippen LogP contribution in [0.15, 0.2) is 58.6 Å². The second kappa shape index (κ2) is 11.9. The van der Waals surface area contributed by atoms with Gasteiger partial charge in [-0.1, -0.05) is 41.6 Å². The molecule has 182 valence electrons. The SMILES string of the molecule is C/C(=N/OCCC(=O)NCC(NS(=O)(=O)c1cccc(C)c1)C(=O)O)c1ccc(C(=N)N)cc1. The maximum absolute atomic E-state index is 12.4. The van der Waals surface area contributed by atoms with Gasteiger partial charge in [0.25, 0.3) is 0 Å². The Bertz CT molecular complexity index is 1180. The molecule has 0 aromatic heterocycles. The van der Waals surface area contributed by atoms with Crippen LogP contribution in [0.25, 0.3) is 0 Å². The maximum atomic E-state index is 12.4. The van der Waals surface area contributed by atoms with Gasteiger partial charge >= 0.3 is 5.97 Å². The van der Waals surface area contributed by atoms with Crippen molar-refractivity contribution in [2.75, 3.05) is 13.2 Å². The summed E-state index contributed by atoms with van der Waals surface area (Å²) >= 11 is 0. The predicted octanol–water partition coefficient (Wildman–Crippen LogP) is 0.958. The predicted molar refractivity (Wildman–Crippen MR) is 126 cm³/mol. The number of nitrogens with zero attached hydrogens (tertiary/aromatic N) is 1. The molecule has 0 aliphatic carbocycles. The minimum Gasteiger partial charge on any atom is -0.480 e. The van der Waals surface area contributed by atoms with Gasteiger partial charge in [0.05, 0.1) is 17.0 Å². The molecule has 1 atom stereocenters. The quantitative estimate of drug-likeness (QED) is 0.127. The fraction of sp³-hybridized carbons (Fsp3) is 0.273. The minimum absolute atomic E-state index is 0.0449. The highest BCUT2D eigenvalue weighted by Crippen LogP contribution is 2.11. The number of carbonyl (C=O) groups is 2. The van der Waals surface area contributed by atoms with Gasteiger partial charge in [-0.3, -0.25) is 15.0 Å². The van der Waals surface area contributed by atoms with Gasteiger partial charge in [-0.05, 0) is 37.1 Å². The zero-order valence-corrected chi connectivity index (χ0v) is 19.6. The van der Waals surface area contributed by atoms with Crippen molar-refractivity contribution in [1.29, 1.82) is 5.41 Å². The Morgan fingerprint density at radius 3 is 2.41 bits per heavy atom. The van der Waals surface area contributed by atoms with Crippen LogP contribution in [-0.4, -0.2) is 56.1 Å². The number of aliphatic carboxylic acids is 1. The van der Waals surface area contributed by atoms with E-state index in [4.69, 9.17) is 16.0 Å². The number of aryl methyl sites for hydroxylation is 1. The summed E-state index contributed by atoms with van der Waals surface area (Å²) in [6, 6.07) is 11.3. The first-order valence-electron chi connectivity index (χ1n) is 10.2. The number of nitrogens with two attached hydrogens (primary N) is 1. The van der Waals surface area contributed by atoms with Gasteiger partial charge < -0.3 is 21.0 Å². The van der Waals surface area contributed by atoms with E-state index >= 15 is 0 Å². The Hall–Kier alpha value is -3.77. The fourth-order valence-corrected chi connectivity index (χ4v) is 4.04. The maximum Gasteiger partial charge on any atom is 0.323 e. The number of carboxylic acid groups (broad SMARTS) is 1. The van der Waals surface area contributed by atoms with Gasteiger partial charge in [0, 0.05) is 12.1 Å². The van der Waals surface area contributed by atoms with Gasteiger partial charge in [0.1, 0.15) is 18.5 Å². The molecule has 1 amide bonds. The Balaban J connectivity index is 1.83. The lowest BCUT2D eigenvalue weighted by molar-refractivity contribution is -0.138. The van der Waals surface area contributed by atoms with Crippen LogP contribution in [0.5, 0.6) is 0 Å². The van der Waals surface area contributed by atoms with Crippen molar-refractivity contribution in [3.8, 4) is 0 Å². The number of benzene rings is 2. The molecule has 6 N–H and O–H groups in total. The Morgan fingerprint density at radius 2 is 1.82 bits per heavy atom. The normalized spacial score (nSPS) is 12.6. The lowest BCUT2D eigenvalue weighted by Gasteiger charge is -2.16. The van der Waals surface area contributed by atoms with E-state index in [1.807, 2.05) is 0 Å². The van der Waals surface area contributed by atoms with Crippen molar-refractivity contribution < 1.29 is 28.0 Å². The molecule has 0 fully saturated rings. The number of hydrogen-bond donors (Lipinski definition) is 5. The van der Waals surface area contributed by atoms with Crippen molar-refractivity contribution in [1.82, 2.24) is 10.0 Å². The van der Waals surface area contributed by atoms with E-state index in [9.17, 15) is 23.1 Å². The second-order valence-corrected chi connectivity index (χ2v) is 9.10. The van der Waals surface area contributed by atoms with E-state index < -0.39 is 34.5 Å². The molecule has 0 spiro atoms. The first-order valence-corrected chi connectivity index (χ1v) is 11.7. The number of nitrogen functional groups attached to an aromatic ring is 1. The summed E-state index contributed by atoms with van der Waals surface area (Å²) in [5, 5.41) is 23.0. The van der Waals surface area contributed by atoms with Crippen molar-refractivity contribution >= 4 is 33.4 Å². The molecule has 0 radical (unpaired) electrons. The van der Waals surface area contributed by atoms with Gasteiger partial charge in [-0.15, -0.1) is 0 Å². The third kappa shape index (κ3) is 7.98. The third-order valence-corrected chi connectivity index (χ3v) is 6.10. The molecule has 0 bridgehead atoms. The standard InChI is InChI=1S/C22H27N5O6S/c1-14-4-3-5-18(12-14)34(31,32)27-19(22(29)30)13-25-20(28)10-11-33-26-15(2)16-6-8-17(9-7-16)21(23)24/h3-9,12,19,27H,10-11,13H2,1-2H3,(H3,23,24)(H,25,28)(H,29,30)/b26-15-. The largest absolute Gasteiger partial charge is 0.480 e. The molecular formula is C22H27N5O6S. The molecule has 0 aliphatic heterocycles. The Morgan fingerprint density at radius 1 is 1.18 bits per heavy atom. The topological polar surface area (TPSA) is 184 Å². The third-order valence-electron chi connectivity index (χ3n) is 4.63. The number of carbonyl (C=O) groups excluding carboxylic acids is 1. The minimum atomic E-state index is -4.08. The first kappa shape index (κ1) is 26.5. The molecule has 0 heterocycles. The van der Waals surface area contributed by atoms with Crippen molar-refractivity contribution in [3.63, 3.8) is 0 Å². The molecule has 2 rings (SSSR count). The summed E-state index contributed by atoms with van der Waals surface area (Å²) in [5.41, 5.74) is 7.99. The molecule has 11 nitrogen and oxygen atoms in total. The van der Waals surface area contributed by atoms with E-state index in [-0.39, 0.29) is 23.8 Å². The van der Waals surface area contributed by atoms with Gasteiger partial charge in [-0.2, -0.15) is 4.72 Å². The molecule has 0 aliphatic rings. The highest BCUT2D eigenvalue weighted by molar-refractivity contribution is 7.89. The highest BCUT2D eigenvalue weighted by Gasteiger charge is 2.26. The fourth-order valence-electron chi connectivity index (χ4n) is 2.75. The summed E-state index contributed by atoms with van der Waals surface area (Å²) in [4.78, 5) is 28.6. The molecule has 1 unspecified atom stereocenters. The van der Waals surface area contributed by atoms with Crippen LogP contribution in [-0.2, 0) is 24.4 Å². The molecule has 12 heteroatoms. The number of nitrogens with one attached hydrogen (secondary N) is 3. The monoisotopic (exact) mass is 489 g/mol. The lowest BCUT2D eigenvalue weighted by atomic mass is 10.1. The van der Waals surface area contributed by atoms with E-state index in [1.54, 1.807) is 50.2 Å². The number of sulfonamides is 1.